The second kappa shape index (κ2) is 6.64. The Bertz CT molecular complexity index is 653. The molecule has 0 spiro atoms. The van der Waals surface area contributed by atoms with E-state index < -0.39 is 0 Å². The molecule has 0 unspecified atom stereocenters. The third kappa shape index (κ3) is 3.99. The first kappa shape index (κ1) is 15.4. The third-order valence-electron chi connectivity index (χ3n) is 2.99. The fourth-order valence-electron chi connectivity index (χ4n) is 2.04. The lowest BCUT2D eigenvalue weighted by molar-refractivity contribution is 0.102. The van der Waals surface area contributed by atoms with Crippen LogP contribution in [-0.4, -0.2) is 11.9 Å². The highest BCUT2D eigenvalue weighted by atomic mass is 35.5. The summed E-state index contributed by atoms with van der Waals surface area (Å²) in [6, 6.07) is 13.2. The number of rotatable bonds is 4. The normalized spacial score (nSPS) is 10.5. The van der Waals surface area contributed by atoms with Crippen molar-refractivity contribution in [3.05, 3.63) is 58.6 Å². The van der Waals surface area contributed by atoms with Crippen molar-refractivity contribution in [2.75, 3.05) is 10.6 Å². The minimum Gasteiger partial charge on any atom is -0.382 e. The first-order valence-electron chi connectivity index (χ1n) is 6.90. The fraction of sp³-hybridized carbons (Fsp3) is 0.235. The van der Waals surface area contributed by atoms with Crippen LogP contribution < -0.4 is 10.6 Å². The monoisotopic (exact) mass is 302 g/mol. The van der Waals surface area contributed by atoms with Gasteiger partial charge in [-0.2, -0.15) is 0 Å². The molecule has 1 amide bonds. The van der Waals surface area contributed by atoms with E-state index in [9.17, 15) is 4.79 Å². The Kier molecular flexibility index (Phi) is 4.86. The van der Waals surface area contributed by atoms with E-state index in [2.05, 4.69) is 10.6 Å². The van der Waals surface area contributed by atoms with Crippen LogP contribution in [0.25, 0.3) is 0 Å². The summed E-state index contributed by atoms with van der Waals surface area (Å²) in [7, 11) is 0. The van der Waals surface area contributed by atoms with Gasteiger partial charge in [-0.25, -0.2) is 0 Å². The number of aryl methyl sites for hydroxylation is 1. The van der Waals surface area contributed by atoms with Gasteiger partial charge in [-0.1, -0.05) is 29.8 Å². The average Bonchev–Trinajstić information content (AvgIpc) is 2.42. The molecule has 0 fully saturated rings. The quantitative estimate of drug-likeness (QED) is 0.858. The van der Waals surface area contributed by atoms with E-state index in [0.717, 1.165) is 11.3 Å². The molecule has 0 heterocycles. The summed E-state index contributed by atoms with van der Waals surface area (Å²) in [5, 5.41) is 6.67. The smallest absolute Gasteiger partial charge is 0.257 e. The molecule has 3 nitrogen and oxygen atoms in total. The van der Waals surface area contributed by atoms with Crippen molar-refractivity contribution in [3.63, 3.8) is 0 Å². The van der Waals surface area contributed by atoms with Crippen LogP contribution in [0, 0.1) is 6.92 Å². The second-order valence-corrected chi connectivity index (χ2v) is 5.69. The van der Waals surface area contributed by atoms with Crippen molar-refractivity contribution in [1.29, 1.82) is 0 Å². The lowest BCUT2D eigenvalue weighted by Gasteiger charge is -2.15. The summed E-state index contributed by atoms with van der Waals surface area (Å²) in [6.45, 7) is 6.03. The lowest BCUT2D eigenvalue weighted by Crippen LogP contribution is -2.17. The van der Waals surface area contributed by atoms with Crippen LogP contribution in [0.3, 0.4) is 0 Å². The molecule has 2 aromatic rings. The van der Waals surface area contributed by atoms with Crippen molar-refractivity contribution < 1.29 is 4.79 Å². The molecule has 0 saturated heterocycles. The van der Waals surface area contributed by atoms with Crippen molar-refractivity contribution in [3.8, 4) is 0 Å². The molecular formula is C17H19ClN2O. The zero-order chi connectivity index (χ0) is 15.4. The largest absolute Gasteiger partial charge is 0.382 e. The summed E-state index contributed by atoms with van der Waals surface area (Å²) in [4.78, 5) is 12.5. The van der Waals surface area contributed by atoms with Crippen LogP contribution in [0.15, 0.2) is 42.5 Å². The first-order valence-corrected chi connectivity index (χ1v) is 7.28. The van der Waals surface area contributed by atoms with Crippen LogP contribution in [0.2, 0.25) is 5.02 Å². The van der Waals surface area contributed by atoms with E-state index in [1.165, 1.54) is 0 Å². The molecule has 0 aliphatic heterocycles. The molecule has 21 heavy (non-hydrogen) atoms. The topological polar surface area (TPSA) is 41.1 Å². The SMILES string of the molecule is Cc1ccc(Cl)c(NC(=O)c2ccccc2NC(C)C)c1. The fourth-order valence-corrected chi connectivity index (χ4v) is 2.21. The predicted molar refractivity (Wildman–Crippen MR) is 89.3 cm³/mol. The number of amides is 1. The maximum Gasteiger partial charge on any atom is 0.257 e. The van der Waals surface area contributed by atoms with E-state index >= 15 is 0 Å². The Morgan fingerprint density at radius 1 is 1.10 bits per heavy atom. The van der Waals surface area contributed by atoms with Gasteiger partial charge in [-0.3, -0.25) is 4.79 Å². The first-order chi connectivity index (χ1) is 9.97. The molecule has 0 aliphatic rings. The van der Waals surface area contributed by atoms with Gasteiger partial charge in [0.2, 0.25) is 0 Å². The number of carbonyl (C=O) groups is 1. The van der Waals surface area contributed by atoms with Gasteiger partial charge in [0, 0.05) is 11.7 Å². The summed E-state index contributed by atoms with van der Waals surface area (Å²) in [6.07, 6.45) is 0. The molecule has 2 N–H and O–H groups in total. The van der Waals surface area contributed by atoms with Gasteiger partial charge in [-0.15, -0.1) is 0 Å². The summed E-state index contributed by atoms with van der Waals surface area (Å²) < 4.78 is 0. The predicted octanol–water partition coefficient (Wildman–Crippen LogP) is 4.72. The van der Waals surface area contributed by atoms with Gasteiger partial charge in [0.25, 0.3) is 5.91 Å². The minimum absolute atomic E-state index is 0.175. The number of hydrogen-bond donors (Lipinski definition) is 2. The van der Waals surface area contributed by atoms with E-state index in [1.54, 1.807) is 12.1 Å². The number of halogens is 1. The van der Waals surface area contributed by atoms with E-state index in [4.69, 9.17) is 11.6 Å². The Morgan fingerprint density at radius 2 is 1.81 bits per heavy atom. The molecule has 2 aromatic carbocycles. The van der Waals surface area contributed by atoms with Crippen LogP contribution in [-0.2, 0) is 0 Å². The number of anilines is 2. The van der Waals surface area contributed by atoms with Crippen LogP contribution in [0.5, 0.6) is 0 Å². The van der Waals surface area contributed by atoms with Gasteiger partial charge in [-0.05, 0) is 50.6 Å². The zero-order valence-corrected chi connectivity index (χ0v) is 13.2. The standard InChI is InChI=1S/C17H19ClN2O/c1-11(2)19-15-7-5-4-6-13(15)17(21)20-16-10-12(3)8-9-14(16)18/h4-11,19H,1-3H3,(H,20,21). The van der Waals surface area contributed by atoms with Crippen LogP contribution in [0.1, 0.15) is 29.8 Å². The molecule has 0 aliphatic carbocycles. The second-order valence-electron chi connectivity index (χ2n) is 5.28. The highest BCUT2D eigenvalue weighted by molar-refractivity contribution is 6.34. The van der Waals surface area contributed by atoms with Crippen molar-refractivity contribution in [1.82, 2.24) is 0 Å². The summed E-state index contributed by atoms with van der Waals surface area (Å²) in [5.41, 5.74) is 3.09. The third-order valence-corrected chi connectivity index (χ3v) is 3.32. The Labute approximate surface area is 130 Å². The number of hydrogen-bond acceptors (Lipinski definition) is 2. The van der Waals surface area contributed by atoms with Crippen molar-refractivity contribution in [2.45, 2.75) is 26.8 Å². The summed E-state index contributed by atoms with van der Waals surface area (Å²) in [5.74, 6) is -0.175. The Balaban J connectivity index is 2.26. The molecule has 110 valence electrons. The molecule has 0 bridgehead atoms. The Morgan fingerprint density at radius 3 is 2.52 bits per heavy atom. The van der Waals surface area contributed by atoms with E-state index in [-0.39, 0.29) is 11.9 Å². The van der Waals surface area contributed by atoms with Crippen molar-refractivity contribution in [2.24, 2.45) is 0 Å². The lowest BCUT2D eigenvalue weighted by atomic mass is 10.1. The van der Waals surface area contributed by atoms with Crippen molar-refractivity contribution >= 4 is 28.9 Å². The zero-order valence-electron chi connectivity index (χ0n) is 12.4. The van der Waals surface area contributed by atoms with Crippen LogP contribution in [0.4, 0.5) is 11.4 Å². The highest BCUT2D eigenvalue weighted by Gasteiger charge is 2.13. The van der Waals surface area contributed by atoms with E-state index in [0.29, 0.717) is 16.3 Å². The number of para-hydroxylation sites is 1. The molecule has 0 radical (unpaired) electrons. The molecule has 0 atom stereocenters. The van der Waals surface area contributed by atoms with Crippen LogP contribution >= 0.6 is 11.6 Å². The number of carbonyl (C=O) groups excluding carboxylic acids is 1. The molecule has 0 saturated carbocycles. The number of benzene rings is 2. The van der Waals surface area contributed by atoms with Gasteiger partial charge in [0.1, 0.15) is 0 Å². The van der Waals surface area contributed by atoms with Gasteiger partial charge in [0.15, 0.2) is 0 Å². The van der Waals surface area contributed by atoms with E-state index in [1.807, 2.05) is 51.1 Å². The van der Waals surface area contributed by atoms with Gasteiger partial charge < -0.3 is 10.6 Å². The number of nitrogens with one attached hydrogen (secondary N) is 2. The summed E-state index contributed by atoms with van der Waals surface area (Å²) >= 11 is 6.12. The minimum atomic E-state index is -0.175. The maximum atomic E-state index is 12.5. The highest BCUT2D eigenvalue weighted by Crippen LogP contribution is 2.24. The molecule has 0 aromatic heterocycles. The van der Waals surface area contributed by atoms with Gasteiger partial charge >= 0.3 is 0 Å². The maximum absolute atomic E-state index is 12.5. The molecule has 4 heteroatoms. The Hall–Kier alpha value is -2.00. The van der Waals surface area contributed by atoms with Gasteiger partial charge in [0.05, 0.1) is 16.3 Å². The molecule has 2 rings (SSSR count). The average molecular weight is 303 g/mol. The molecular weight excluding hydrogens is 284 g/mol.